The molecule has 8 heteroatoms. The number of nitriles is 1. The Morgan fingerprint density at radius 3 is 2.72 bits per heavy atom. The molecular formula is C10H11N7O. The predicted molar refractivity (Wildman–Crippen MR) is 63.8 cm³/mol. The maximum absolute atomic E-state index is 8.84. The van der Waals surface area contributed by atoms with Crippen LogP contribution in [0.4, 0.5) is 17.6 Å². The second-order valence-corrected chi connectivity index (χ2v) is 3.56. The Morgan fingerprint density at radius 2 is 2.17 bits per heavy atom. The third kappa shape index (κ3) is 2.21. The number of anilines is 3. The van der Waals surface area contributed by atoms with Gasteiger partial charge < -0.3 is 9.84 Å². The lowest BCUT2D eigenvalue weighted by Crippen LogP contribution is -2.12. The van der Waals surface area contributed by atoms with E-state index in [1.54, 1.807) is 6.92 Å². The molecule has 2 aromatic rings. The Labute approximate surface area is 103 Å². The summed E-state index contributed by atoms with van der Waals surface area (Å²) in [7, 11) is 0. The summed E-state index contributed by atoms with van der Waals surface area (Å²) in [6.45, 7) is 3.67. The molecular weight excluding hydrogens is 234 g/mol. The highest BCUT2D eigenvalue weighted by Crippen LogP contribution is 2.21. The summed E-state index contributed by atoms with van der Waals surface area (Å²) in [5.41, 5.74) is 3.35. The fourth-order valence-corrected chi connectivity index (χ4v) is 1.29. The molecule has 0 aromatic carbocycles. The minimum atomic E-state index is 0.148. The first-order valence-electron chi connectivity index (χ1n) is 5.09. The molecule has 0 saturated carbocycles. The largest absolute Gasteiger partial charge is 0.359 e. The highest BCUT2D eigenvalue weighted by molar-refractivity contribution is 5.58. The Hall–Kier alpha value is -2.66. The van der Waals surface area contributed by atoms with E-state index < -0.39 is 0 Å². The van der Waals surface area contributed by atoms with E-state index in [1.807, 2.05) is 13.0 Å². The van der Waals surface area contributed by atoms with E-state index >= 15 is 0 Å². The lowest BCUT2D eigenvalue weighted by atomic mass is 10.3. The molecule has 0 aliphatic rings. The molecule has 2 rings (SSSR count). The zero-order chi connectivity index (χ0) is 13.1. The number of nitrogen functional groups attached to an aromatic ring is 1. The zero-order valence-electron chi connectivity index (χ0n) is 9.85. The number of nitrogens with one attached hydrogen (secondary N) is 2. The normalized spacial score (nSPS) is 9.89. The lowest BCUT2D eigenvalue weighted by molar-refractivity contribution is 0.399. The van der Waals surface area contributed by atoms with Crippen molar-refractivity contribution in [1.29, 1.82) is 5.26 Å². The molecule has 2 heterocycles. The molecule has 0 atom stereocenters. The molecule has 0 spiro atoms. The minimum Gasteiger partial charge on any atom is -0.359 e. The van der Waals surface area contributed by atoms with E-state index in [9.17, 15) is 0 Å². The maximum Gasteiger partial charge on any atom is 0.240 e. The topological polar surface area (TPSA) is 126 Å². The molecule has 0 radical (unpaired) electrons. The van der Waals surface area contributed by atoms with Crippen molar-refractivity contribution in [3.63, 3.8) is 0 Å². The number of aromatic nitrogens is 3. The second kappa shape index (κ2) is 4.68. The van der Waals surface area contributed by atoms with Gasteiger partial charge >= 0.3 is 0 Å². The number of aryl methyl sites for hydroxylation is 1. The van der Waals surface area contributed by atoms with Crippen LogP contribution in [0.1, 0.15) is 17.0 Å². The molecule has 0 fully saturated rings. The van der Waals surface area contributed by atoms with Gasteiger partial charge in [-0.25, -0.2) is 10.8 Å². The van der Waals surface area contributed by atoms with Crippen LogP contribution in [0.2, 0.25) is 0 Å². The van der Waals surface area contributed by atoms with Crippen molar-refractivity contribution in [3.8, 4) is 6.07 Å². The standard InChI is InChI=1S/C10H11N7O/c1-5-6(2)18-17-9(5)14-8-3-7(4-11)13-10(15-8)16-12/h3H,12H2,1-2H3,(H2,13,14,15,16,17). The third-order valence-corrected chi connectivity index (χ3v) is 2.37. The van der Waals surface area contributed by atoms with Crippen LogP contribution in [0.3, 0.4) is 0 Å². The van der Waals surface area contributed by atoms with Crippen LogP contribution >= 0.6 is 0 Å². The lowest BCUT2D eigenvalue weighted by Gasteiger charge is -2.05. The number of hydrogen-bond acceptors (Lipinski definition) is 8. The SMILES string of the molecule is Cc1onc(Nc2cc(C#N)nc(NN)n2)c1C. The summed E-state index contributed by atoms with van der Waals surface area (Å²) < 4.78 is 5.02. The van der Waals surface area contributed by atoms with Gasteiger partial charge in [-0.3, -0.25) is 5.43 Å². The zero-order valence-corrected chi connectivity index (χ0v) is 9.85. The third-order valence-electron chi connectivity index (χ3n) is 2.37. The fraction of sp³-hybridized carbons (Fsp3) is 0.200. The summed E-state index contributed by atoms with van der Waals surface area (Å²) in [4.78, 5) is 7.90. The van der Waals surface area contributed by atoms with Gasteiger partial charge in [-0.15, -0.1) is 0 Å². The van der Waals surface area contributed by atoms with Gasteiger partial charge in [0.1, 0.15) is 23.3 Å². The molecule has 0 saturated heterocycles. The average molecular weight is 245 g/mol. The van der Waals surface area contributed by atoms with Gasteiger partial charge in [0.25, 0.3) is 0 Å². The first-order chi connectivity index (χ1) is 8.63. The Morgan fingerprint density at radius 1 is 1.39 bits per heavy atom. The van der Waals surface area contributed by atoms with Crippen molar-refractivity contribution in [2.45, 2.75) is 13.8 Å². The van der Waals surface area contributed by atoms with E-state index in [1.165, 1.54) is 6.07 Å². The van der Waals surface area contributed by atoms with Crippen molar-refractivity contribution in [1.82, 2.24) is 15.1 Å². The number of rotatable bonds is 3. The van der Waals surface area contributed by atoms with E-state index in [4.69, 9.17) is 15.6 Å². The van der Waals surface area contributed by atoms with Gasteiger partial charge in [0.15, 0.2) is 5.82 Å². The van der Waals surface area contributed by atoms with Crippen LogP contribution in [-0.2, 0) is 0 Å². The van der Waals surface area contributed by atoms with Crippen LogP contribution in [0.15, 0.2) is 10.6 Å². The number of nitrogens with two attached hydrogens (primary N) is 1. The molecule has 8 nitrogen and oxygen atoms in total. The molecule has 18 heavy (non-hydrogen) atoms. The molecule has 0 unspecified atom stereocenters. The van der Waals surface area contributed by atoms with Crippen LogP contribution in [0.5, 0.6) is 0 Å². The van der Waals surface area contributed by atoms with Gasteiger partial charge in [-0.2, -0.15) is 10.2 Å². The molecule has 4 N–H and O–H groups in total. The Bertz CT molecular complexity index is 613. The van der Waals surface area contributed by atoms with Gasteiger partial charge in [0.05, 0.1) is 0 Å². The summed E-state index contributed by atoms with van der Waals surface area (Å²) >= 11 is 0. The van der Waals surface area contributed by atoms with Crippen molar-refractivity contribution in [2.24, 2.45) is 5.84 Å². The van der Waals surface area contributed by atoms with Crippen LogP contribution in [0.25, 0.3) is 0 Å². The molecule has 0 bridgehead atoms. The summed E-state index contributed by atoms with van der Waals surface area (Å²) in [6, 6.07) is 3.41. The number of hydrazine groups is 1. The van der Waals surface area contributed by atoms with Gasteiger partial charge in [-0.1, -0.05) is 5.16 Å². The minimum absolute atomic E-state index is 0.148. The summed E-state index contributed by atoms with van der Waals surface area (Å²) in [5.74, 6) is 7.03. The first-order valence-corrected chi connectivity index (χ1v) is 5.09. The average Bonchev–Trinajstić information content (AvgIpc) is 2.70. The van der Waals surface area contributed by atoms with Gasteiger partial charge in [-0.05, 0) is 13.8 Å². The number of nitrogens with zero attached hydrogens (tertiary/aromatic N) is 4. The number of hydrogen-bond donors (Lipinski definition) is 3. The molecule has 2 aromatic heterocycles. The van der Waals surface area contributed by atoms with E-state index in [-0.39, 0.29) is 11.6 Å². The Balaban J connectivity index is 2.34. The summed E-state index contributed by atoms with van der Waals surface area (Å²) in [5, 5.41) is 15.6. The van der Waals surface area contributed by atoms with Gasteiger partial charge in [0.2, 0.25) is 5.95 Å². The van der Waals surface area contributed by atoms with Crippen LogP contribution < -0.4 is 16.6 Å². The highest BCUT2D eigenvalue weighted by atomic mass is 16.5. The smallest absolute Gasteiger partial charge is 0.240 e. The Kier molecular flexibility index (Phi) is 3.07. The second-order valence-electron chi connectivity index (χ2n) is 3.56. The fourth-order valence-electron chi connectivity index (χ4n) is 1.29. The van der Waals surface area contributed by atoms with Crippen molar-refractivity contribution in [3.05, 3.63) is 23.1 Å². The van der Waals surface area contributed by atoms with Crippen LogP contribution in [-0.4, -0.2) is 15.1 Å². The van der Waals surface area contributed by atoms with Crippen molar-refractivity contribution in [2.75, 3.05) is 10.7 Å². The molecule has 0 amide bonds. The molecule has 0 aliphatic heterocycles. The van der Waals surface area contributed by atoms with Crippen molar-refractivity contribution >= 4 is 17.6 Å². The van der Waals surface area contributed by atoms with E-state index in [0.29, 0.717) is 17.4 Å². The van der Waals surface area contributed by atoms with Crippen molar-refractivity contribution < 1.29 is 4.52 Å². The maximum atomic E-state index is 8.84. The van der Waals surface area contributed by atoms with E-state index in [0.717, 1.165) is 5.56 Å². The quantitative estimate of drug-likeness (QED) is 0.539. The monoisotopic (exact) mass is 245 g/mol. The first kappa shape index (κ1) is 11.8. The van der Waals surface area contributed by atoms with Crippen LogP contribution in [0, 0.1) is 25.2 Å². The predicted octanol–water partition coefficient (Wildman–Crippen LogP) is 0.982. The summed E-state index contributed by atoms with van der Waals surface area (Å²) in [6.07, 6.45) is 0. The molecule has 0 aliphatic carbocycles. The van der Waals surface area contributed by atoms with Gasteiger partial charge in [0, 0.05) is 11.6 Å². The molecule has 92 valence electrons. The van der Waals surface area contributed by atoms with E-state index in [2.05, 4.69) is 25.9 Å². The highest BCUT2D eigenvalue weighted by Gasteiger charge is 2.10.